The largest absolute Gasteiger partial charge is 0.372 e. The van der Waals surface area contributed by atoms with E-state index in [4.69, 9.17) is 0 Å². The lowest BCUT2D eigenvalue weighted by Crippen LogP contribution is -2.27. The molecule has 2 N–H and O–H groups in total. The summed E-state index contributed by atoms with van der Waals surface area (Å²) in [6.07, 6.45) is 1.72. The van der Waals surface area contributed by atoms with Crippen molar-refractivity contribution in [1.29, 1.82) is 0 Å². The van der Waals surface area contributed by atoms with Crippen LogP contribution in [0.15, 0.2) is 17.6 Å². The molecule has 1 amide bonds. The van der Waals surface area contributed by atoms with Crippen molar-refractivity contribution in [2.45, 2.75) is 13.3 Å². The summed E-state index contributed by atoms with van der Waals surface area (Å²) in [5.74, 6) is -0.536. The number of carbonyl (C=O) groups excluding carboxylic acids is 1. The molecule has 5 nitrogen and oxygen atoms in total. The van der Waals surface area contributed by atoms with Crippen molar-refractivity contribution in [2.24, 2.45) is 0 Å². The van der Waals surface area contributed by atoms with E-state index in [0.29, 0.717) is 18.8 Å². The summed E-state index contributed by atoms with van der Waals surface area (Å²) in [6, 6.07) is 1.17. The lowest BCUT2D eigenvalue weighted by atomic mass is 10.2. The van der Waals surface area contributed by atoms with Gasteiger partial charge in [-0.3, -0.25) is 4.79 Å². The molecular weight excluding hydrogens is 279 g/mol. The maximum atomic E-state index is 13.2. The van der Waals surface area contributed by atoms with Crippen LogP contribution >= 0.6 is 11.3 Å². The Labute approximate surface area is 120 Å². The molecule has 20 heavy (non-hydrogen) atoms. The third kappa shape index (κ3) is 3.51. The van der Waals surface area contributed by atoms with Gasteiger partial charge in [0.25, 0.3) is 5.91 Å². The summed E-state index contributed by atoms with van der Waals surface area (Å²) in [7, 11) is 1.63. The summed E-state index contributed by atoms with van der Waals surface area (Å²) >= 11 is 1.57. The average Bonchev–Trinajstić information content (AvgIpc) is 2.84. The van der Waals surface area contributed by atoms with E-state index < -0.39 is 5.82 Å². The van der Waals surface area contributed by atoms with Gasteiger partial charge in [0.05, 0.1) is 22.5 Å². The number of rotatable bonds is 5. The van der Waals surface area contributed by atoms with E-state index in [1.807, 2.05) is 12.3 Å². The molecule has 0 aliphatic carbocycles. The molecule has 0 radical (unpaired) electrons. The first-order valence-corrected chi connectivity index (χ1v) is 7.00. The fourth-order valence-corrected chi connectivity index (χ4v) is 2.38. The van der Waals surface area contributed by atoms with Crippen LogP contribution in [0.1, 0.15) is 21.1 Å². The molecule has 106 valence electrons. The maximum absolute atomic E-state index is 13.2. The van der Waals surface area contributed by atoms with Gasteiger partial charge in [0.2, 0.25) is 0 Å². The molecule has 0 aliphatic rings. The average molecular weight is 294 g/mol. The number of hydrogen-bond acceptors (Lipinski definition) is 5. The van der Waals surface area contributed by atoms with Crippen LogP contribution in [0.25, 0.3) is 0 Å². The number of amides is 1. The Balaban J connectivity index is 1.96. The van der Waals surface area contributed by atoms with Gasteiger partial charge in [-0.15, -0.1) is 11.3 Å². The number of nitrogens with one attached hydrogen (secondary N) is 2. The Morgan fingerprint density at radius 2 is 2.30 bits per heavy atom. The number of thiazole rings is 1. The number of carbonyl (C=O) groups is 1. The molecule has 2 aromatic rings. The standard InChI is InChI=1S/C13H15FN4OS/c1-8-18-10(7-20-8)3-4-16-13(19)11-5-9(14)6-17-12(11)15-2/h5-7H,3-4H2,1-2H3,(H,15,17)(H,16,19). The molecule has 0 saturated heterocycles. The molecular formula is C13H15FN4OS. The molecule has 0 aliphatic heterocycles. The van der Waals surface area contributed by atoms with Crippen molar-refractivity contribution < 1.29 is 9.18 Å². The second-order valence-electron chi connectivity index (χ2n) is 4.16. The predicted molar refractivity (Wildman–Crippen MR) is 76.6 cm³/mol. The number of aromatic nitrogens is 2. The third-order valence-corrected chi connectivity index (χ3v) is 3.49. The fraction of sp³-hybridized carbons (Fsp3) is 0.308. The van der Waals surface area contributed by atoms with Gasteiger partial charge in [0, 0.05) is 25.4 Å². The van der Waals surface area contributed by atoms with Crippen LogP contribution in [0.4, 0.5) is 10.2 Å². The van der Waals surface area contributed by atoms with E-state index in [9.17, 15) is 9.18 Å². The van der Waals surface area contributed by atoms with Crippen molar-refractivity contribution in [3.05, 3.63) is 39.7 Å². The number of aryl methyl sites for hydroxylation is 1. The molecule has 2 rings (SSSR count). The van der Waals surface area contributed by atoms with E-state index in [0.717, 1.165) is 16.9 Å². The monoisotopic (exact) mass is 294 g/mol. The van der Waals surface area contributed by atoms with Gasteiger partial charge in [-0.2, -0.15) is 0 Å². The smallest absolute Gasteiger partial charge is 0.255 e. The van der Waals surface area contributed by atoms with Crippen molar-refractivity contribution >= 4 is 23.1 Å². The van der Waals surface area contributed by atoms with Gasteiger partial charge in [-0.1, -0.05) is 0 Å². The Hall–Kier alpha value is -2.02. The molecule has 0 fully saturated rings. The maximum Gasteiger partial charge on any atom is 0.255 e. The van der Waals surface area contributed by atoms with Crippen LogP contribution in [0.2, 0.25) is 0 Å². The molecule has 0 unspecified atom stereocenters. The minimum atomic E-state index is -0.538. The van der Waals surface area contributed by atoms with Crippen LogP contribution in [0, 0.1) is 12.7 Å². The lowest BCUT2D eigenvalue weighted by Gasteiger charge is -2.08. The summed E-state index contributed by atoms with van der Waals surface area (Å²) in [6.45, 7) is 2.38. The highest BCUT2D eigenvalue weighted by molar-refractivity contribution is 7.09. The van der Waals surface area contributed by atoms with Gasteiger partial charge < -0.3 is 10.6 Å². The van der Waals surface area contributed by atoms with E-state index in [-0.39, 0.29) is 11.5 Å². The number of pyridine rings is 1. The Kier molecular flexibility index (Phi) is 4.62. The minimum absolute atomic E-state index is 0.196. The summed E-state index contributed by atoms with van der Waals surface area (Å²) in [4.78, 5) is 20.1. The Morgan fingerprint density at radius 3 is 2.95 bits per heavy atom. The molecule has 0 atom stereocenters. The second-order valence-corrected chi connectivity index (χ2v) is 5.23. The number of nitrogens with zero attached hydrogens (tertiary/aromatic N) is 2. The highest BCUT2D eigenvalue weighted by Crippen LogP contribution is 2.13. The van der Waals surface area contributed by atoms with Crippen molar-refractivity contribution in [2.75, 3.05) is 18.9 Å². The first-order chi connectivity index (χ1) is 9.60. The van der Waals surface area contributed by atoms with E-state index in [1.54, 1.807) is 18.4 Å². The molecule has 2 heterocycles. The number of hydrogen-bond donors (Lipinski definition) is 2. The molecule has 0 aromatic carbocycles. The zero-order valence-electron chi connectivity index (χ0n) is 11.2. The zero-order chi connectivity index (χ0) is 14.5. The van der Waals surface area contributed by atoms with Gasteiger partial charge >= 0.3 is 0 Å². The Morgan fingerprint density at radius 1 is 1.50 bits per heavy atom. The van der Waals surface area contributed by atoms with Gasteiger partial charge in [-0.25, -0.2) is 14.4 Å². The van der Waals surface area contributed by atoms with Crippen molar-refractivity contribution in [3.8, 4) is 0 Å². The topological polar surface area (TPSA) is 66.9 Å². The van der Waals surface area contributed by atoms with E-state index in [1.165, 1.54) is 6.07 Å². The second kappa shape index (κ2) is 6.42. The quantitative estimate of drug-likeness (QED) is 0.885. The molecule has 2 aromatic heterocycles. The van der Waals surface area contributed by atoms with Gasteiger partial charge in [-0.05, 0) is 13.0 Å². The molecule has 0 spiro atoms. The number of halogens is 1. The highest BCUT2D eigenvalue weighted by atomic mass is 32.1. The first kappa shape index (κ1) is 14.4. The predicted octanol–water partition coefficient (Wildman–Crippen LogP) is 2.00. The molecule has 0 bridgehead atoms. The highest BCUT2D eigenvalue weighted by Gasteiger charge is 2.13. The third-order valence-electron chi connectivity index (χ3n) is 2.67. The van der Waals surface area contributed by atoms with Crippen LogP contribution in [-0.2, 0) is 6.42 Å². The van der Waals surface area contributed by atoms with Crippen LogP contribution in [0.3, 0.4) is 0 Å². The van der Waals surface area contributed by atoms with Gasteiger partial charge in [0.1, 0.15) is 11.6 Å². The lowest BCUT2D eigenvalue weighted by molar-refractivity contribution is 0.0954. The first-order valence-electron chi connectivity index (χ1n) is 6.12. The Bertz CT molecular complexity index is 614. The van der Waals surface area contributed by atoms with Crippen LogP contribution in [0.5, 0.6) is 0 Å². The van der Waals surface area contributed by atoms with E-state index >= 15 is 0 Å². The van der Waals surface area contributed by atoms with Gasteiger partial charge in [0.15, 0.2) is 0 Å². The van der Waals surface area contributed by atoms with Crippen LogP contribution in [-0.4, -0.2) is 29.5 Å². The minimum Gasteiger partial charge on any atom is -0.372 e. The normalized spacial score (nSPS) is 10.3. The summed E-state index contributed by atoms with van der Waals surface area (Å²) < 4.78 is 13.2. The SMILES string of the molecule is CNc1ncc(F)cc1C(=O)NCCc1csc(C)n1. The summed E-state index contributed by atoms with van der Waals surface area (Å²) in [5, 5.41) is 8.46. The number of anilines is 1. The van der Waals surface area contributed by atoms with E-state index in [2.05, 4.69) is 20.6 Å². The van der Waals surface area contributed by atoms with Crippen molar-refractivity contribution in [3.63, 3.8) is 0 Å². The zero-order valence-corrected chi connectivity index (χ0v) is 12.1. The summed E-state index contributed by atoms with van der Waals surface area (Å²) in [5.41, 5.74) is 1.14. The molecule has 0 saturated carbocycles. The van der Waals surface area contributed by atoms with Crippen molar-refractivity contribution in [1.82, 2.24) is 15.3 Å². The van der Waals surface area contributed by atoms with Crippen LogP contribution < -0.4 is 10.6 Å². The fourth-order valence-electron chi connectivity index (χ4n) is 1.73. The molecule has 7 heteroatoms.